The smallest absolute Gasteiger partial charge is 1.00 e. The summed E-state index contributed by atoms with van der Waals surface area (Å²) in [5.74, 6) is 0. The maximum atomic E-state index is 10.4. The minimum atomic E-state index is -4.99. The minimum absolute atomic E-state index is 0. The van der Waals surface area contributed by atoms with Crippen molar-refractivity contribution in [2.24, 2.45) is 0 Å². The molecule has 3 N–H and O–H groups in total. The third-order valence-electron chi connectivity index (χ3n) is 0.264. The summed E-state index contributed by atoms with van der Waals surface area (Å²) in [6.07, 6.45) is 0. The fraction of sp³-hybridized carbons (Fsp3) is 0. The summed E-state index contributed by atoms with van der Waals surface area (Å²) in [6.45, 7) is 0. The molecule has 84 valence electrons. The summed E-state index contributed by atoms with van der Waals surface area (Å²) < 4.78 is 55.7. The van der Waals surface area contributed by atoms with Gasteiger partial charge in [0.1, 0.15) is 0 Å². The Bertz CT molecular complexity index is 210. The molecule has 0 saturated heterocycles. The average molecular weight is 258 g/mol. The van der Waals surface area contributed by atoms with E-state index in [1.54, 1.807) is 0 Å². The maximum Gasteiger partial charge on any atom is 1.00 e. The summed E-state index contributed by atoms with van der Waals surface area (Å²) in [6, 6.07) is 0. The van der Waals surface area contributed by atoms with E-state index in [2.05, 4.69) is 14.2 Å². The first-order chi connectivity index (χ1) is 5.68. The monoisotopic (exact) mass is 258 g/mol. The number of rotatable bonds is 3. The predicted molar refractivity (Wildman–Crippen MR) is 29.6 cm³/mol. The molecule has 0 aliphatic rings. The van der Waals surface area contributed by atoms with E-state index >= 15 is 0 Å². The second-order valence-corrected chi connectivity index (χ2v) is 3.50. The first-order valence-electron chi connectivity index (χ1n) is 1.98. The topological polar surface area (TPSA) is 123 Å². The van der Waals surface area contributed by atoms with Crippen molar-refractivity contribution >= 4 is 15.6 Å². The van der Waals surface area contributed by atoms with Crippen LogP contribution in [0.25, 0.3) is 0 Å². The Morgan fingerprint density at radius 2 is 1.14 bits per heavy atom. The molecule has 0 aromatic heterocycles. The van der Waals surface area contributed by atoms with Gasteiger partial charge in [0.15, 0.2) is 0 Å². The number of hydrogen-bond donors (Lipinski definition) is 3. The Labute approximate surface area is 88.2 Å². The number of halogens is 3. The largest absolute Gasteiger partial charge is 1.00 e. The van der Waals surface area contributed by atoms with Gasteiger partial charge in [0, 0.05) is 0 Å². The van der Waals surface area contributed by atoms with Gasteiger partial charge in [-0.25, -0.2) is 9.13 Å². The van der Waals surface area contributed by atoms with E-state index in [-0.39, 0.29) is 20.3 Å². The minimum Gasteiger partial charge on any atom is -1.00 e. The van der Waals surface area contributed by atoms with Crippen molar-refractivity contribution in [2.45, 2.75) is 0 Å². The van der Waals surface area contributed by atoms with E-state index < -0.39 is 15.6 Å². The number of phosphoric acid groups is 2. The fourth-order valence-corrected chi connectivity index (χ4v) is 0.0319. The molecule has 0 bridgehead atoms. The fourth-order valence-electron chi connectivity index (χ4n) is 0.0106. The van der Waals surface area contributed by atoms with E-state index in [1.807, 2.05) is 0 Å². The molecule has 0 aliphatic carbocycles. The molecule has 0 atom stereocenters. The zero-order valence-electron chi connectivity index (χ0n) is 7.41. The molecular formula is H4F3LiO8P2. The van der Waals surface area contributed by atoms with Crippen LogP contribution in [0.2, 0.25) is 0 Å². The second kappa shape index (κ2) is 8.88. The molecule has 14 heavy (non-hydrogen) atoms. The molecule has 0 aromatic carbocycles. The van der Waals surface area contributed by atoms with Gasteiger partial charge in [-0.15, -0.1) is 0 Å². The van der Waals surface area contributed by atoms with Crippen LogP contribution in [0.5, 0.6) is 0 Å². The van der Waals surface area contributed by atoms with Crippen molar-refractivity contribution in [3.63, 3.8) is 0 Å². The predicted octanol–water partition coefficient (Wildman–Crippen LogP) is -2.01. The Morgan fingerprint density at radius 1 is 0.929 bits per heavy atom. The van der Waals surface area contributed by atoms with Gasteiger partial charge in [0.05, 0.1) is 0 Å². The molecular weight excluding hydrogens is 254 g/mol. The third kappa shape index (κ3) is 18.4. The molecule has 0 radical (unpaired) electrons. The molecule has 0 amide bonds. The first-order valence-corrected chi connectivity index (χ1v) is 5.00. The van der Waals surface area contributed by atoms with Crippen molar-refractivity contribution in [1.29, 1.82) is 0 Å². The standard InChI is InChI=1S/F2HO4P.FH2O4P.Li.H/c1-5-7(3,4)6-2;1-5-6(2,3)4;;/h(H,3,4);(H2,2,3,4);;/q;;+1;-1. The molecule has 0 aromatic rings. The van der Waals surface area contributed by atoms with Gasteiger partial charge in [0.2, 0.25) is 0 Å². The van der Waals surface area contributed by atoms with Gasteiger partial charge in [-0.2, -0.15) is 0 Å². The summed E-state index contributed by atoms with van der Waals surface area (Å²) >= 11 is 0. The van der Waals surface area contributed by atoms with Gasteiger partial charge in [0.25, 0.3) is 0 Å². The van der Waals surface area contributed by atoms with E-state index in [1.165, 1.54) is 0 Å². The Kier molecular flexibility index (Phi) is 12.7. The van der Waals surface area contributed by atoms with Crippen LogP contribution < -0.4 is 18.9 Å². The van der Waals surface area contributed by atoms with Crippen LogP contribution in [0.3, 0.4) is 0 Å². The molecule has 0 aliphatic heterocycles. The van der Waals surface area contributed by atoms with Crippen molar-refractivity contribution in [3.8, 4) is 0 Å². The van der Waals surface area contributed by atoms with Crippen LogP contribution in [0.15, 0.2) is 0 Å². The SMILES string of the molecule is O=P(O)(O)OF.O=P(O)(OF)OF.[H-].[Li+]. The Morgan fingerprint density at radius 3 is 1.14 bits per heavy atom. The summed E-state index contributed by atoms with van der Waals surface area (Å²) in [5.41, 5.74) is 0. The Hall–Kier alpha value is 0.607. The quantitative estimate of drug-likeness (QED) is 0.391. The second-order valence-electron chi connectivity index (χ2n) is 1.17. The van der Waals surface area contributed by atoms with E-state index in [4.69, 9.17) is 19.2 Å². The van der Waals surface area contributed by atoms with Gasteiger partial charge < -0.3 is 11.2 Å². The van der Waals surface area contributed by atoms with Crippen LogP contribution in [0, 0.1) is 0 Å². The first kappa shape index (κ1) is 20.1. The molecule has 0 fully saturated rings. The van der Waals surface area contributed by atoms with Crippen molar-refractivity contribution in [2.75, 3.05) is 0 Å². The van der Waals surface area contributed by atoms with Crippen LogP contribution in [0.4, 0.5) is 13.6 Å². The maximum absolute atomic E-state index is 10.4. The zero-order chi connectivity index (χ0) is 11.1. The van der Waals surface area contributed by atoms with Crippen molar-refractivity contribution in [1.82, 2.24) is 0 Å². The molecule has 8 nitrogen and oxygen atoms in total. The molecule has 14 heteroatoms. The Balaban J connectivity index is -0.0000000718. The third-order valence-corrected chi connectivity index (χ3v) is 0.793. The van der Waals surface area contributed by atoms with Crippen LogP contribution >= 0.6 is 15.6 Å². The van der Waals surface area contributed by atoms with Crippen molar-refractivity contribution in [3.05, 3.63) is 0 Å². The molecule has 0 rings (SSSR count). The van der Waals surface area contributed by atoms with Gasteiger partial charge in [-0.1, -0.05) is 14.2 Å². The molecule has 0 saturated carbocycles. The molecule has 0 heterocycles. The van der Waals surface area contributed by atoms with Crippen molar-refractivity contribution < 1.29 is 71.9 Å². The van der Waals surface area contributed by atoms with E-state index in [0.29, 0.717) is 0 Å². The van der Waals surface area contributed by atoms with E-state index in [9.17, 15) is 18.1 Å². The summed E-state index contributed by atoms with van der Waals surface area (Å²) in [7, 11) is -9.80. The van der Waals surface area contributed by atoms with Crippen LogP contribution in [-0.4, -0.2) is 14.7 Å². The van der Waals surface area contributed by atoms with Gasteiger partial charge in [-0.3, -0.25) is 4.89 Å². The zero-order valence-corrected chi connectivity index (χ0v) is 8.20. The molecule has 0 unspecified atom stereocenters. The van der Waals surface area contributed by atoms with Gasteiger partial charge in [-0.05, 0) is 13.6 Å². The van der Waals surface area contributed by atoms with Crippen LogP contribution in [-0.2, 0) is 23.3 Å². The average Bonchev–Trinajstić information content (AvgIpc) is 2.04. The number of hydrogen-bond acceptors (Lipinski definition) is 5. The van der Waals surface area contributed by atoms with Crippen LogP contribution in [0.1, 0.15) is 1.43 Å². The molecule has 0 spiro atoms. The summed E-state index contributed by atoms with van der Waals surface area (Å²) in [5, 5.41) is 0. The van der Waals surface area contributed by atoms with Gasteiger partial charge >= 0.3 is 34.5 Å². The normalized spacial score (nSPS) is 11.0. The van der Waals surface area contributed by atoms with E-state index in [0.717, 1.165) is 0 Å². The summed E-state index contributed by atoms with van der Waals surface area (Å²) in [4.78, 5) is 22.2.